The lowest BCUT2D eigenvalue weighted by Gasteiger charge is -2.32. The number of carboxylic acids is 1. The number of piperidine rings is 1. The van der Waals surface area contributed by atoms with Crippen molar-refractivity contribution in [1.82, 2.24) is 15.1 Å². The first-order chi connectivity index (χ1) is 9.97. The fourth-order valence-electron chi connectivity index (χ4n) is 2.18. The van der Waals surface area contributed by atoms with Gasteiger partial charge in [0.25, 0.3) is 0 Å². The fraction of sp³-hybridized carbons (Fsp3) is 0.769. The standard InChI is InChI=1S/C13H23N3O5/c1-3-15(9-11(17)18)12(19)14-10-5-7-16(8-6-10)13(20)21-4-2/h10H,3-9H2,1-2H3,(H,14,19)(H,17,18). The minimum atomic E-state index is -1.04. The Kier molecular flexibility index (Phi) is 6.77. The van der Waals surface area contributed by atoms with E-state index in [1.165, 1.54) is 4.90 Å². The summed E-state index contributed by atoms with van der Waals surface area (Å²) in [6.45, 7) is 4.89. The third-order valence-electron chi connectivity index (χ3n) is 3.34. The molecule has 0 aromatic carbocycles. The van der Waals surface area contributed by atoms with Crippen LogP contribution in [0.4, 0.5) is 9.59 Å². The average Bonchev–Trinajstić information content (AvgIpc) is 2.45. The lowest BCUT2D eigenvalue weighted by atomic mass is 10.1. The number of aliphatic carboxylic acids is 1. The Morgan fingerprint density at radius 2 is 1.90 bits per heavy atom. The van der Waals surface area contributed by atoms with E-state index in [-0.39, 0.29) is 24.7 Å². The number of carboxylic acid groups (broad SMARTS) is 1. The number of carbonyl (C=O) groups is 3. The normalized spacial score (nSPS) is 15.4. The van der Waals surface area contributed by atoms with Gasteiger partial charge in [-0.3, -0.25) is 4.79 Å². The smallest absolute Gasteiger partial charge is 0.409 e. The predicted molar refractivity (Wildman–Crippen MR) is 75.0 cm³/mol. The summed E-state index contributed by atoms with van der Waals surface area (Å²) in [5, 5.41) is 11.5. The molecule has 0 unspecified atom stereocenters. The summed E-state index contributed by atoms with van der Waals surface area (Å²) in [5.74, 6) is -1.04. The average molecular weight is 301 g/mol. The van der Waals surface area contributed by atoms with Crippen LogP contribution < -0.4 is 5.32 Å². The first kappa shape index (κ1) is 17.1. The third kappa shape index (κ3) is 5.49. The van der Waals surface area contributed by atoms with E-state index in [0.29, 0.717) is 39.1 Å². The highest BCUT2D eigenvalue weighted by molar-refractivity contribution is 5.80. The van der Waals surface area contributed by atoms with Crippen molar-refractivity contribution < 1.29 is 24.2 Å². The van der Waals surface area contributed by atoms with Gasteiger partial charge in [-0.05, 0) is 26.7 Å². The zero-order valence-corrected chi connectivity index (χ0v) is 12.5. The SMILES string of the molecule is CCOC(=O)N1CCC(NC(=O)N(CC)CC(=O)O)CC1. The largest absolute Gasteiger partial charge is 0.480 e. The molecule has 8 nitrogen and oxygen atoms in total. The van der Waals surface area contributed by atoms with E-state index >= 15 is 0 Å². The molecule has 1 saturated heterocycles. The summed E-state index contributed by atoms with van der Waals surface area (Å²) in [6.07, 6.45) is 0.938. The number of carbonyl (C=O) groups excluding carboxylic acids is 2. The highest BCUT2D eigenvalue weighted by atomic mass is 16.6. The van der Waals surface area contributed by atoms with Gasteiger partial charge >= 0.3 is 18.1 Å². The number of nitrogens with zero attached hydrogens (tertiary/aromatic N) is 2. The van der Waals surface area contributed by atoms with Gasteiger partial charge in [0, 0.05) is 25.7 Å². The van der Waals surface area contributed by atoms with Gasteiger partial charge in [-0.15, -0.1) is 0 Å². The molecule has 1 rings (SSSR count). The maximum absolute atomic E-state index is 11.9. The van der Waals surface area contributed by atoms with E-state index in [1.807, 2.05) is 0 Å². The summed E-state index contributed by atoms with van der Waals surface area (Å²) >= 11 is 0. The minimum Gasteiger partial charge on any atom is -0.480 e. The monoisotopic (exact) mass is 301 g/mol. The van der Waals surface area contributed by atoms with Crippen molar-refractivity contribution in [3.05, 3.63) is 0 Å². The molecule has 1 aliphatic rings. The molecule has 120 valence electrons. The van der Waals surface area contributed by atoms with Crippen LogP contribution in [-0.2, 0) is 9.53 Å². The third-order valence-corrected chi connectivity index (χ3v) is 3.34. The van der Waals surface area contributed by atoms with Gasteiger partial charge in [0.2, 0.25) is 0 Å². The second kappa shape index (κ2) is 8.33. The molecule has 0 atom stereocenters. The summed E-state index contributed by atoms with van der Waals surface area (Å²) < 4.78 is 4.92. The molecule has 0 radical (unpaired) electrons. The minimum absolute atomic E-state index is 0.0500. The molecule has 0 aromatic rings. The van der Waals surface area contributed by atoms with Crippen molar-refractivity contribution in [2.75, 3.05) is 32.8 Å². The van der Waals surface area contributed by atoms with Gasteiger partial charge < -0.3 is 25.0 Å². The van der Waals surface area contributed by atoms with Gasteiger partial charge in [0.1, 0.15) is 6.54 Å². The summed E-state index contributed by atoms with van der Waals surface area (Å²) in [6, 6.07) is -0.430. The highest BCUT2D eigenvalue weighted by Gasteiger charge is 2.26. The summed E-state index contributed by atoms with van der Waals surface area (Å²) in [5.41, 5.74) is 0. The van der Waals surface area contributed by atoms with Crippen LogP contribution in [0.15, 0.2) is 0 Å². The molecule has 0 aliphatic carbocycles. The Balaban J connectivity index is 2.39. The number of hydrogen-bond donors (Lipinski definition) is 2. The highest BCUT2D eigenvalue weighted by Crippen LogP contribution is 2.12. The van der Waals surface area contributed by atoms with Crippen molar-refractivity contribution >= 4 is 18.1 Å². The molecule has 0 spiro atoms. The van der Waals surface area contributed by atoms with Crippen molar-refractivity contribution in [2.24, 2.45) is 0 Å². The van der Waals surface area contributed by atoms with E-state index in [2.05, 4.69) is 5.32 Å². The first-order valence-corrected chi connectivity index (χ1v) is 7.16. The Morgan fingerprint density at radius 1 is 1.29 bits per heavy atom. The Bertz CT molecular complexity index is 380. The zero-order valence-electron chi connectivity index (χ0n) is 12.5. The summed E-state index contributed by atoms with van der Waals surface area (Å²) in [4.78, 5) is 37.0. The van der Waals surface area contributed by atoms with Gasteiger partial charge in [-0.1, -0.05) is 0 Å². The molecule has 0 aromatic heterocycles. The Morgan fingerprint density at radius 3 is 2.38 bits per heavy atom. The number of likely N-dealkylation sites (tertiary alicyclic amines) is 1. The van der Waals surface area contributed by atoms with Gasteiger partial charge in [-0.25, -0.2) is 9.59 Å². The number of hydrogen-bond acceptors (Lipinski definition) is 4. The molecule has 21 heavy (non-hydrogen) atoms. The van der Waals surface area contributed by atoms with E-state index in [4.69, 9.17) is 9.84 Å². The Labute approximate surface area is 124 Å². The van der Waals surface area contributed by atoms with E-state index in [1.54, 1.807) is 18.7 Å². The second-order valence-corrected chi connectivity index (χ2v) is 4.82. The van der Waals surface area contributed by atoms with Crippen LogP contribution in [0.2, 0.25) is 0 Å². The lowest BCUT2D eigenvalue weighted by molar-refractivity contribution is -0.137. The van der Waals surface area contributed by atoms with Crippen molar-refractivity contribution in [2.45, 2.75) is 32.7 Å². The van der Waals surface area contributed by atoms with Crippen LogP contribution >= 0.6 is 0 Å². The zero-order chi connectivity index (χ0) is 15.8. The second-order valence-electron chi connectivity index (χ2n) is 4.82. The molecule has 2 N–H and O–H groups in total. The fourth-order valence-corrected chi connectivity index (χ4v) is 2.18. The van der Waals surface area contributed by atoms with E-state index in [0.717, 1.165) is 0 Å². The molecule has 1 aliphatic heterocycles. The maximum Gasteiger partial charge on any atom is 0.409 e. The number of likely N-dealkylation sites (N-methyl/N-ethyl adjacent to an activating group) is 1. The molecule has 0 bridgehead atoms. The molecule has 3 amide bonds. The maximum atomic E-state index is 11.9. The quantitative estimate of drug-likeness (QED) is 0.779. The molecule has 8 heteroatoms. The van der Waals surface area contributed by atoms with Crippen LogP contribution in [0.3, 0.4) is 0 Å². The van der Waals surface area contributed by atoms with E-state index < -0.39 is 5.97 Å². The van der Waals surface area contributed by atoms with Crippen LogP contribution in [0.25, 0.3) is 0 Å². The molecular formula is C13H23N3O5. The van der Waals surface area contributed by atoms with Crippen LogP contribution in [0, 0.1) is 0 Å². The summed E-state index contributed by atoms with van der Waals surface area (Å²) in [7, 11) is 0. The topological polar surface area (TPSA) is 99.2 Å². The molecule has 1 fully saturated rings. The number of urea groups is 1. The number of nitrogens with one attached hydrogen (secondary N) is 1. The number of rotatable bonds is 5. The molecule has 0 saturated carbocycles. The lowest BCUT2D eigenvalue weighted by Crippen LogP contribution is -2.51. The van der Waals surface area contributed by atoms with Gasteiger partial charge in [-0.2, -0.15) is 0 Å². The van der Waals surface area contributed by atoms with Crippen LogP contribution in [0.5, 0.6) is 0 Å². The van der Waals surface area contributed by atoms with E-state index in [9.17, 15) is 14.4 Å². The van der Waals surface area contributed by atoms with Crippen molar-refractivity contribution in [1.29, 1.82) is 0 Å². The van der Waals surface area contributed by atoms with Crippen molar-refractivity contribution in [3.8, 4) is 0 Å². The van der Waals surface area contributed by atoms with Gasteiger partial charge in [0.15, 0.2) is 0 Å². The van der Waals surface area contributed by atoms with Crippen LogP contribution in [0.1, 0.15) is 26.7 Å². The van der Waals surface area contributed by atoms with Crippen LogP contribution in [-0.4, -0.2) is 71.8 Å². The predicted octanol–water partition coefficient (Wildman–Crippen LogP) is 0.723. The molecule has 1 heterocycles. The molecular weight excluding hydrogens is 278 g/mol. The number of amides is 3. The number of ether oxygens (including phenoxy) is 1. The Hall–Kier alpha value is -1.99. The van der Waals surface area contributed by atoms with Gasteiger partial charge in [0.05, 0.1) is 6.61 Å². The first-order valence-electron chi connectivity index (χ1n) is 7.16. The van der Waals surface area contributed by atoms with Crippen molar-refractivity contribution in [3.63, 3.8) is 0 Å².